The molecule has 31 heavy (non-hydrogen) atoms. The minimum absolute atomic E-state index is 0.0352. The van der Waals surface area contributed by atoms with Gasteiger partial charge in [0.2, 0.25) is 11.8 Å². The van der Waals surface area contributed by atoms with Crippen LogP contribution in [0.15, 0.2) is 30.3 Å². The molecule has 2 aliphatic heterocycles. The third-order valence-electron chi connectivity index (χ3n) is 6.58. The molecule has 8 heteroatoms. The van der Waals surface area contributed by atoms with Crippen LogP contribution in [0.2, 0.25) is 0 Å². The summed E-state index contributed by atoms with van der Waals surface area (Å²) in [5.41, 5.74) is 1.13. The Balaban J connectivity index is 1.18. The van der Waals surface area contributed by atoms with Crippen LogP contribution in [0.1, 0.15) is 32.1 Å². The standard InChI is InChI=1S/C23H29N3O5/c27-20(25-14-12-24(13-15-25)17-6-2-1-3-7-17)16-31-21(28)10-11-26-22(29)18-8-4-5-9-19(18)23(26)30/h1-3,6-7,18-19H,4-5,8-16H2/t18-,19-/m0/s1. The Morgan fingerprint density at radius 3 is 2.13 bits per heavy atom. The van der Waals surface area contributed by atoms with Gasteiger partial charge >= 0.3 is 5.97 Å². The highest BCUT2D eigenvalue weighted by Crippen LogP contribution is 2.37. The zero-order valence-electron chi connectivity index (χ0n) is 17.7. The van der Waals surface area contributed by atoms with Crippen LogP contribution in [0.4, 0.5) is 5.69 Å². The molecule has 0 bridgehead atoms. The van der Waals surface area contributed by atoms with Crippen molar-refractivity contribution in [2.45, 2.75) is 32.1 Å². The van der Waals surface area contributed by atoms with Crippen molar-refractivity contribution in [1.29, 1.82) is 0 Å². The molecule has 3 aliphatic rings. The number of fused-ring (bicyclic) bond motifs is 1. The maximum Gasteiger partial charge on any atom is 0.308 e. The number of amides is 3. The quantitative estimate of drug-likeness (QED) is 0.504. The van der Waals surface area contributed by atoms with Crippen molar-refractivity contribution < 1.29 is 23.9 Å². The predicted octanol–water partition coefficient (Wildman–Crippen LogP) is 1.44. The third kappa shape index (κ3) is 4.73. The molecule has 1 aromatic carbocycles. The van der Waals surface area contributed by atoms with E-state index in [0.717, 1.165) is 44.5 Å². The van der Waals surface area contributed by atoms with Crippen LogP contribution in [0, 0.1) is 11.8 Å². The van der Waals surface area contributed by atoms with Gasteiger partial charge in [-0.15, -0.1) is 0 Å². The monoisotopic (exact) mass is 427 g/mol. The number of piperazine rings is 1. The van der Waals surface area contributed by atoms with Gasteiger partial charge in [0, 0.05) is 38.4 Å². The number of carbonyl (C=O) groups excluding carboxylic acids is 4. The van der Waals surface area contributed by atoms with E-state index in [2.05, 4.69) is 4.90 Å². The Kier molecular flexibility index (Phi) is 6.53. The van der Waals surface area contributed by atoms with Crippen LogP contribution in [-0.4, -0.2) is 72.8 Å². The molecule has 2 saturated heterocycles. The number of nitrogens with zero attached hydrogens (tertiary/aromatic N) is 3. The summed E-state index contributed by atoms with van der Waals surface area (Å²) in [4.78, 5) is 54.5. The van der Waals surface area contributed by atoms with Crippen molar-refractivity contribution in [2.75, 3.05) is 44.2 Å². The van der Waals surface area contributed by atoms with E-state index in [0.29, 0.717) is 13.1 Å². The molecule has 0 aromatic heterocycles. The van der Waals surface area contributed by atoms with E-state index in [4.69, 9.17) is 4.74 Å². The Bertz CT molecular complexity index is 811. The molecular weight excluding hydrogens is 398 g/mol. The van der Waals surface area contributed by atoms with E-state index in [-0.39, 0.29) is 49.1 Å². The predicted molar refractivity (Wildman–Crippen MR) is 113 cm³/mol. The third-order valence-corrected chi connectivity index (χ3v) is 6.58. The molecule has 0 radical (unpaired) electrons. The summed E-state index contributed by atoms with van der Waals surface area (Å²) in [5.74, 6) is -1.53. The number of likely N-dealkylation sites (tertiary alicyclic amines) is 1. The smallest absolute Gasteiger partial charge is 0.308 e. The highest BCUT2D eigenvalue weighted by molar-refractivity contribution is 6.05. The molecule has 4 rings (SSSR count). The summed E-state index contributed by atoms with van der Waals surface area (Å²) in [6, 6.07) is 10.0. The first-order valence-electron chi connectivity index (χ1n) is 11.1. The normalized spacial score (nSPS) is 23.7. The molecule has 1 saturated carbocycles. The Morgan fingerprint density at radius 1 is 0.903 bits per heavy atom. The summed E-state index contributed by atoms with van der Waals surface area (Å²) in [6.45, 7) is 2.33. The number of carbonyl (C=O) groups is 4. The molecule has 0 spiro atoms. The van der Waals surface area contributed by atoms with Gasteiger partial charge in [0.1, 0.15) is 0 Å². The van der Waals surface area contributed by atoms with Crippen molar-refractivity contribution in [3.63, 3.8) is 0 Å². The van der Waals surface area contributed by atoms with Crippen molar-refractivity contribution in [1.82, 2.24) is 9.80 Å². The Labute approximate surface area is 182 Å². The van der Waals surface area contributed by atoms with E-state index in [1.54, 1.807) is 4.90 Å². The van der Waals surface area contributed by atoms with Crippen molar-refractivity contribution in [3.8, 4) is 0 Å². The molecule has 0 N–H and O–H groups in total. The lowest BCUT2D eigenvalue weighted by atomic mass is 9.81. The van der Waals surface area contributed by atoms with Crippen LogP contribution in [0.5, 0.6) is 0 Å². The number of benzene rings is 1. The van der Waals surface area contributed by atoms with Crippen LogP contribution in [0.25, 0.3) is 0 Å². The first-order valence-corrected chi connectivity index (χ1v) is 11.1. The van der Waals surface area contributed by atoms with Crippen molar-refractivity contribution >= 4 is 29.4 Å². The van der Waals surface area contributed by atoms with Gasteiger partial charge in [0.25, 0.3) is 5.91 Å². The van der Waals surface area contributed by atoms with E-state index < -0.39 is 5.97 Å². The van der Waals surface area contributed by atoms with Gasteiger partial charge in [0.05, 0.1) is 18.3 Å². The van der Waals surface area contributed by atoms with Crippen LogP contribution < -0.4 is 4.90 Å². The number of esters is 1. The number of para-hydroxylation sites is 1. The molecule has 1 aliphatic carbocycles. The van der Waals surface area contributed by atoms with Crippen LogP contribution in [0.3, 0.4) is 0 Å². The van der Waals surface area contributed by atoms with Gasteiger partial charge in [-0.1, -0.05) is 31.0 Å². The fourth-order valence-corrected chi connectivity index (χ4v) is 4.81. The topological polar surface area (TPSA) is 87.2 Å². The number of rotatable bonds is 6. The molecule has 3 fully saturated rings. The van der Waals surface area contributed by atoms with Gasteiger partial charge in [-0.3, -0.25) is 24.1 Å². The summed E-state index contributed by atoms with van der Waals surface area (Å²) in [7, 11) is 0. The fraction of sp³-hybridized carbons (Fsp3) is 0.565. The second kappa shape index (κ2) is 9.49. The minimum atomic E-state index is -0.563. The van der Waals surface area contributed by atoms with Gasteiger partial charge in [-0.05, 0) is 25.0 Å². The molecule has 2 atom stereocenters. The summed E-state index contributed by atoms with van der Waals surface area (Å²) < 4.78 is 5.12. The average molecular weight is 428 g/mol. The number of imide groups is 1. The summed E-state index contributed by atoms with van der Waals surface area (Å²) in [6.07, 6.45) is 3.37. The molecule has 2 heterocycles. The zero-order chi connectivity index (χ0) is 21.8. The summed E-state index contributed by atoms with van der Waals surface area (Å²) in [5, 5.41) is 0. The van der Waals surface area contributed by atoms with Crippen LogP contribution >= 0.6 is 0 Å². The maximum absolute atomic E-state index is 12.5. The second-order valence-electron chi connectivity index (χ2n) is 8.44. The lowest BCUT2D eigenvalue weighted by Crippen LogP contribution is -2.50. The van der Waals surface area contributed by atoms with E-state index in [9.17, 15) is 19.2 Å². The minimum Gasteiger partial charge on any atom is -0.456 e. The number of hydrogen-bond acceptors (Lipinski definition) is 6. The Morgan fingerprint density at radius 2 is 1.52 bits per heavy atom. The molecule has 3 amide bonds. The molecular formula is C23H29N3O5. The summed E-state index contributed by atoms with van der Waals surface area (Å²) >= 11 is 0. The fourth-order valence-electron chi connectivity index (χ4n) is 4.81. The first-order chi connectivity index (χ1) is 15.0. The first kappa shape index (κ1) is 21.3. The largest absolute Gasteiger partial charge is 0.456 e. The maximum atomic E-state index is 12.5. The molecule has 1 aromatic rings. The Hall–Kier alpha value is -2.90. The lowest BCUT2D eigenvalue weighted by Gasteiger charge is -2.36. The highest BCUT2D eigenvalue weighted by atomic mass is 16.5. The van der Waals surface area contributed by atoms with E-state index in [1.165, 1.54) is 4.90 Å². The lowest BCUT2D eigenvalue weighted by molar-refractivity contribution is -0.153. The molecule has 166 valence electrons. The zero-order valence-corrected chi connectivity index (χ0v) is 17.7. The van der Waals surface area contributed by atoms with Gasteiger partial charge in [-0.25, -0.2) is 0 Å². The highest BCUT2D eigenvalue weighted by Gasteiger charge is 2.47. The molecule has 0 unspecified atom stereocenters. The van der Waals surface area contributed by atoms with E-state index >= 15 is 0 Å². The van der Waals surface area contributed by atoms with Crippen molar-refractivity contribution in [2.24, 2.45) is 11.8 Å². The molecule has 8 nitrogen and oxygen atoms in total. The second-order valence-corrected chi connectivity index (χ2v) is 8.44. The van der Waals surface area contributed by atoms with Gasteiger partial charge < -0.3 is 14.5 Å². The number of ether oxygens (including phenoxy) is 1. The van der Waals surface area contributed by atoms with Gasteiger partial charge in [0.15, 0.2) is 6.61 Å². The van der Waals surface area contributed by atoms with Crippen LogP contribution in [-0.2, 0) is 23.9 Å². The average Bonchev–Trinajstić information content (AvgIpc) is 3.06. The van der Waals surface area contributed by atoms with E-state index in [1.807, 2.05) is 30.3 Å². The van der Waals surface area contributed by atoms with Crippen molar-refractivity contribution in [3.05, 3.63) is 30.3 Å². The number of anilines is 1. The SMILES string of the molecule is O=C(CCN1C(=O)[C@H]2CCCC[C@@H]2C1=O)OCC(=O)N1CCN(c2ccccc2)CC1. The van der Waals surface area contributed by atoms with Gasteiger partial charge in [-0.2, -0.15) is 0 Å². The number of hydrogen-bond donors (Lipinski definition) is 0.